The van der Waals surface area contributed by atoms with Crippen molar-refractivity contribution in [3.8, 4) is 16.9 Å². The number of hydrogen-bond donors (Lipinski definition) is 1. The Morgan fingerprint density at radius 3 is 2.39 bits per heavy atom. The Bertz CT molecular complexity index is 582. The summed E-state index contributed by atoms with van der Waals surface area (Å²) in [5, 5.41) is 10.8. The van der Waals surface area contributed by atoms with Gasteiger partial charge in [0.1, 0.15) is 0 Å². The average molecular weight is 244 g/mol. The molecule has 2 aromatic rings. The van der Waals surface area contributed by atoms with Gasteiger partial charge in [-0.25, -0.2) is 0 Å². The highest BCUT2D eigenvalue weighted by atomic mass is 16.6. The van der Waals surface area contributed by atoms with E-state index >= 15 is 0 Å². The van der Waals surface area contributed by atoms with Crippen molar-refractivity contribution in [3.63, 3.8) is 0 Å². The molecule has 0 aliphatic heterocycles. The Hall–Kier alpha value is -2.56. The lowest BCUT2D eigenvalue weighted by Crippen LogP contribution is -2.00. The van der Waals surface area contributed by atoms with Crippen LogP contribution in [0, 0.1) is 10.1 Å². The summed E-state index contributed by atoms with van der Waals surface area (Å²) in [7, 11) is 1.45. The van der Waals surface area contributed by atoms with Crippen LogP contribution in [0.1, 0.15) is 0 Å². The van der Waals surface area contributed by atoms with E-state index in [4.69, 9.17) is 10.5 Å². The highest BCUT2D eigenvalue weighted by Crippen LogP contribution is 2.39. The van der Waals surface area contributed by atoms with Crippen molar-refractivity contribution in [2.45, 2.75) is 0 Å². The van der Waals surface area contributed by atoms with Crippen molar-refractivity contribution in [2.75, 3.05) is 12.8 Å². The third-order valence-electron chi connectivity index (χ3n) is 2.66. The van der Waals surface area contributed by atoms with Gasteiger partial charge in [0.2, 0.25) is 0 Å². The van der Waals surface area contributed by atoms with Gasteiger partial charge in [-0.15, -0.1) is 0 Å². The molecule has 5 nitrogen and oxygen atoms in total. The molecule has 0 atom stereocenters. The van der Waals surface area contributed by atoms with Crippen LogP contribution in [0.4, 0.5) is 11.4 Å². The summed E-state index contributed by atoms with van der Waals surface area (Å²) in [6, 6.07) is 12.5. The van der Waals surface area contributed by atoms with Gasteiger partial charge in [-0.3, -0.25) is 10.1 Å². The summed E-state index contributed by atoms with van der Waals surface area (Å²) in [6.45, 7) is 0. The van der Waals surface area contributed by atoms with E-state index in [0.29, 0.717) is 5.75 Å². The first-order valence-electron chi connectivity index (χ1n) is 5.31. The molecule has 5 heteroatoms. The van der Waals surface area contributed by atoms with Crippen LogP contribution in [0.3, 0.4) is 0 Å². The Morgan fingerprint density at radius 2 is 1.83 bits per heavy atom. The van der Waals surface area contributed by atoms with Crippen LogP contribution in [0.5, 0.6) is 5.75 Å². The van der Waals surface area contributed by atoms with Crippen LogP contribution in [-0.4, -0.2) is 12.0 Å². The molecule has 0 fully saturated rings. The zero-order valence-electron chi connectivity index (χ0n) is 9.79. The summed E-state index contributed by atoms with van der Waals surface area (Å²) in [6.07, 6.45) is 0. The number of ether oxygens (including phenoxy) is 1. The lowest BCUT2D eigenvalue weighted by Gasteiger charge is -2.11. The first kappa shape index (κ1) is 11.9. The van der Waals surface area contributed by atoms with Crippen LogP contribution in [0.2, 0.25) is 0 Å². The molecule has 0 saturated heterocycles. The minimum Gasteiger partial charge on any atom is -0.494 e. The highest BCUT2D eigenvalue weighted by Gasteiger charge is 2.19. The normalized spacial score (nSPS) is 10.1. The maximum Gasteiger partial charge on any atom is 0.295 e. The smallest absolute Gasteiger partial charge is 0.295 e. The topological polar surface area (TPSA) is 78.4 Å². The minimum atomic E-state index is -0.521. The molecule has 0 heterocycles. The van der Waals surface area contributed by atoms with Crippen LogP contribution in [0.25, 0.3) is 11.1 Å². The Balaban J connectivity index is 2.64. The molecule has 0 unspecified atom stereocenters. The molecular formula is C13H12N2O3. The van der Waals surface area contributed by atoms with Crippen molar-refractivity contribution < 1.29 is 9.66 Å². The number of hydrogen-bond acceptors (Lipinski definition) is 4. The summed E-state index contributed by atoms with van der Waals surface area (Å²) >= 11 is 0. The van der Waals surface area contributed by atoms with Crippen LogP contribution in [-0.2, 0) is 0 Å². The van der Waals surface area contributed by atoms with Gasteiger partial charge in [-0.05, 0) is 11.6 Å². The van der Waals surface area contributed by atoms with E-state index in [-0.39, 0.29) is 11.4 Å². The van der Waals surface area contributed by atoms with Gasteiger partial charge in [0.15, 0.2) is 11.4 Å². The summed E-state index contributed by atoms with van der Waals surface area (Å²) in [4.78, 5) is 10.3. The lowest BCUT2D eigenvalue weighted by molar-refractivity contribution is -0.383. The molecule has 18 heavy (non-hydrogen) atoms. The second-order valence-corrected chi connectivity index (χ2v) is 3.70. The zero-order valence-corrected chi connectivity index (χ0v) is 9.79. The molecule has 2 aromatic carbocycles. The van der Waals surface area contributed by atoms with E-state index in [0.717, 1.165) is 11.1 Å². The molecule has 0 bridgehead atoms. The third kappa shape index (κ3) is 1.98. The van der Waals surface area contributed by atoms with E-state index < -0.39 is 4.92 Å². The summed E-state index contributed by atoms with van der Waals surface area (Å²) < 4.78 is 5.19. The van der Waals surface area contributed by atoms with Gasteiger partial charge < -0.3 is 10.5 Å². The molecule has 0 amide bonds. The Kier molecular flexibility index (Phi) is 3.14. The van der Waals surface area contributed by atoms with Gasteiger partial charge in [0.05, 0.1) is 12.0 Å². The molecule has 0 radical (unpaired) electrons. The standard InChI is InChI=1S/C13H12N2O3/c1-18-13-10(9-5-3-2-4-6-9)7-8-11(12(13)14)15(16)17/h2-8H,14H2,1H3. The van der Waals surface area contributed by atoms with Gasteiger partial charge >= 0.3 is 0 Å². The monoisotopic (exact) mass is 244 g/mol. The van der Waals surface area contributed by atoms with Gasteiger partial charge in [0.25, 0.3) is 5.69 Å². The largest absolute Gasteiger partial charge is 0.494 e. The maximum atomic E-state index is 10.8. The fourth-order valence-electron chi connectivity index (χ4n) is 1.81. The number of anilines is 1. The van der Waals surface area contributed by atoms with Crippen LogP contribution < -0.4 is 10.5 Å². The molecule has 2 N–H and O–H groups in total. The van der Waals surface area contributed by atoms with E-state index in [1.54, 1.807) is 6.07 Å². The number of methoxy groups -OCH3 is 1. The molecule has 92 valence electrons. The first-order chi connectivity index (χ1) is 8.65. The SMILES string of the molecule is COc1c(-c2ccccc2)ccc([N+](=O)[O-])c1N. The maximum absolute atomic E-state index is 10.8. The van der Waals surface area contributed by atoms with Crippen molar-refractivity contribution in [1.29, 1.82) is 0 Å². The molecule has 0 saturated carbocycles. The van der Waals surface area contributed by atoms with Gasteiger partial charge in [-0.2, -0.15) is 0 Å². The van der Waals surface area contributed by atoms with Crippen molar-refractivity contribution in [2.24, 2.45) is 0 Å². The molecule has 0 aliphatic rings. The number of nitrogens with two attached hydrogens (primary N) is 1. The van der Waals surface area contributed by atoms with Gasteiger partial charge in [-0.1, -0.05) is 30.3 Å². The fraction of sp³-hybridized carbons (Fsp3) is 0.0769. The first-order valence-corrected chi connectivity index (χ1v) is 5.31. The van der Waals surface area contributed by atoms with E-state index in [2.05, 4.69) is 0 Å². The van der Waals surface area contributed by atoms with Crippen molar-refractivity contribution >= 4 is 11.4 Å². The number of nitrogen functional groups attached to an aromatic ring is 1. The number of rotatable bonds is 3. The Morgan fingerprint density at radius 1 is 1.17 bits per heavy atom. The van der Waals surface area contributed by atoms with Crippen molar-refractivity contribution in [3.05, 3.63) is 52.6 Å². The van der Waals surface area contributed by atoms with Crippen molar-refractivity contribution in [1.82, 2.24) is 0 Å². The second kappa shape index (κ2) is 4.75. The average Bonchev–Trinajstić information content (AvgIpc) is 2.39. The van der Waals surface area contributed by atoms with Crippen LogP contribution >= 0.6 is 0 Å². The summed E-state index contributed by atoms with van der Waals surface area (Å²) in [5.74, 6) is 0.329. The van der Waals surface area contributed by atoms with E-state index in [9.17, 15) is 10.1 Å². The Labute approximate surface area is 104 Å². The number of nitro groups is 1. The third-order valence-corrected chi connectivity index (χ3v) is 2.66. The zero-order chi connectivity index (χ0) is 13.1. The predicted octanol–water partition coefficient (Wildman–Crippen LogP) is 2.85. The molecule has 0 aromatic heterocycles. The molecular weight excluding hydrogens is 232 g/mol. The molecule has 0 aliphatic carbocycles. The van der Waals surface area contributed by atoms with E-state index in [1.807, 2.05) is 30.3 Å². The lowest BCUT2D eigenvalue weighted by atomic mass is 10.0. The molecule has 0 spiro atoms. The van der Waals surface area contributed by atoms with E-state index in [1.165, 1.54) is 13.2 Å². The molecule has 2 rings (SSSR count). The number of nitrogens with zero attached hydrogens (tertiary/aromatic N) is 1. The predicted molar refractivity (Wildman–Crippen MR) is 69.5 cm³/mol. The highest BCUT2D eigenvalue weighted by molar-refractivity contribution is 5.82. The fourth-order valence-corrected chi connectivity index (χ4v) is 1.81. The quantitative estimate of drug-likeness (QED) is 0.511. The number of nitro benzene ring substituents is 1. The minimum absolute atomic E-state index is 0.0452. The van der Waals surface area contributed by atoms with Gasteiger partial charge in [0, 0.05) is 11.6 Å². The second-order valence-electron chi connectivity index (χ2n) is 3.70. The number of benzene rings is 2. The summed E-state index contributed by atoms with van der Waals surface area (Å²) in [5.41, 5.74) is 7.30. The van der Waals surface area contributed by atoms with Crippen LogP contribution in [0.15, 0.2) is 42.5 Å².